The maximum atomic E-state index is 13.2. The maximum absolute atomic E-state index is 13.2. The van der Waals surface area contributed by atoms with Gasteiger partial charge in [0.25, 0.3) is 5.91 Å². The summed E-state index contributed by atoms with van der Waals surface area (Å²) >= 11 is 0. The minimum atomic E-state index is -0.451. The van der Waals surface area contributed by atoms with Crippen molar-refractivity contribution in [3.8, 4) is 0 Å². The highest BCUT2D eigenvalue weighted by Gasteiger charge is 2.31. The van der Waals surface area contributed by atoms with Crippen molar-refractivity contribution in [2.45, 2.75) is 19.5 Å². The predicted molar refractivity (Wildman–Crippen MR) is 101 cm³/mol. The van der Waals surface area contributed by atoms with Crippen LogP contribution < -0.4 is 5.32 Å². The number of rotatable bonds is 3. The van der Waals surface area contributed by atoms with Crippen molar-refractivity contribution in [3.63, 3.8) is 0 Å². The second-order valence-electron chi connectivity index (χ2n) is 6.64. The fraction of sp³-hybridized carbons (Fsp3) is 0.238. The van der Waals surface area contributed by atoms with E-state index in [1.807, 2.05) is 48.7 Å². The molecule has 0 unspecified atom stereocenters. The van der Waals surface area contributed by atoms with E-state index >= 15 is 0 Å². The maximum Gasteiger partial charge on any atom is 0.256 e. The molecule has 132 valence electrons. The topological polar surface area (TPSA) is 54.3 Å². The molecule has 2 aromatic carbocycles. The monoisotopic (exact) mass is 347 g/mol. The molecule has 2 amide bonds. The minimum Gasteiger partial charge on any atom is -0.353 e. The van der Waals surface area contributed by atoms with Crippen LogP contribution in [0.4, 0.5) is 0 Å². The Bertz CT molecular complexity index is 962. The fourth-order valence-corrected chi connectivity index (χ4v) is 3.54. The lowest BCUT2D eigenvalue weighted by Gasteiger charge is -2.32. The van der Waals surface area contributed by atoms with Gasteiger partial charge in [0.05, 0.1) is 5.56 Å². The van der Waals surface area contributed by atoms with Crippen LogP contribution in [0.25, 0.3) is 10.9 Å². The number of fused-ring (bicyclic) bond motifs is 1. The number of benzene rings is 2. The third kappa shape index (κ3) is 2.86. The van der Waals surface area contributed by atoms with Crippen LogP contribution in [0, 0.1) is 0 Å². The van der Waals surface area contributed by atoms with E-state index in [2.05, 4.69) is 22.0 Å². The van der Waals surface area contributed by atoms with Gasteiger partial charge in [-0.2, -0.15) is 0 Å². The zero-order valence-corrected chi connectivity index (χ0v) is 14.7. The summed E-state index contributed by atoms with van der Waals surface area (Å²) in [5.74, 6) is -0.187. The highest BCUT2D eigenvalue weighted by molar-refractivity contribution is 6.08. The lowest BCUT2D eigenvalue weighted by atomic mass is 10.1. The van der Waals surface area contributed by atoms with E-state index in [1.165, 1.54) is 5.56 Å². The first-order valence-electron chi connectivity index (χ1n) is 8.85. The highest BCUT2D eigenvalue weighted by atomic mass is 16.2. The first-order chi connectivity index (χ1) is 12.6. The summed E-state index contributed by atoms with van der Waals surface area (Å²) in [6, 6.07) is 17.7. The van der Waals surface area contributed by atoms with Crippen LogP contribution in [0.15, 0.2) is 60.8 Å². The molecule has 1 aliphatic heterocycles. The van der Waals surface area contributed by atoms with Crippen molar-refractivity contribution in [1.29, 1.82) is 0 Å². The average Bonchev–Trinajstić information content (AvgIpc) is 3.03. The number of amides is 2. The number of nitrogens with zero attached hydrogens (tertiary/aromatic N) is 2. The summed E-state index contributed by atoms with van der Waals surface area (Å²) in [6.45, 7) is 3.50. The Morgan fingerprint density at radius 3 is 2.65 bits per heavy atom. The number of para-hydroxylation sites is 1. The van der Waals surface area contributed by atoms with Gasteiger partial charge in [-0.3, -0.25) is 9.59 Å². The van der Waals surface area contributed by atoms with Crippen LogP contribution in [0.2, 0.25) is 0 Å². The van der Waals surface area contributed by atoms with Crippen LogP contribution in [-0.2, 0) is 11.3 Å². The van der Waals surface area contributed by atoms with Crippen LogP contribution >= 0.6 is 0 Å². The summed E-state index contributed by atoms with van der Waals surface area (Å²) in [4.78, 5) is 26.8. The van der Waals surface area contributed by atoms with Crippen molar-refractivity contribution >= 4 is 22.7 Å². The molecule has 0 bridgehead atoms. The molecular formula is C21H21N3O2. The number of hydrogen-bond donors (Lipinski definition) is 1. The molecular weight excluding hydrogens is 326 g/mol. The predicted octanol–water partition coefficient (Wildman–Crippen LogP) is 2.65. The molecule has 0 saturated carbocycles. The number of nitrogens with one attached hydrogen (secondary N) is 1. The summed E-state index contributed by atoms with van der Waals surface area (Å²) < 4.78 is 2.10. The standard InChI is InChI=1S/C21H21N3O2/c1-15-20(25)22-11-12-24(15)21(26)18-14-23(13-16-7-3-2-4-8-16)19-10-6-5-9-17(18)19/h2-10,14-15H,11-13H2,1H3,(H,22,25)/t15-/m0/s1. The Morgan fingerprint density at radius 1 is 1.12 bits per heavy atom. The number of hydrogen-bond acceptors (Lipinski definition) is 2. The summed E-state index contributed by atoms with van der Waals surface area (Å²) in [5.41, 5.74) is 2.85. The quantitative estimate of drug-likeness (QED) is 0.792. The Kier molecular flexibility index (Phi) is 4.21. The number of aromatic nitrogens is 1. The molecule has 0 aliphatic carbocycles. The van der Waals surface area contributed by atoms with Crippen molar-refractivity contribution in [2.75, 3.05) is 13.1 Å². The van der Waals surface area contributed by atoms with Gasteiger partial charge in [0.1, 0.15) is 6.04 Å². The largest absolute Gasteiger partial charge is 0.353 e. The lowest BCUT2D eigenvalue weighted by molar-refractivity contribution is -0.127. The third-order valence-corrected chi connectivity index (χ3v) is 4.97. The van der Waals surface area contributed by atoms with E-state index in [-0.39, 0.29) is 11.8 Å². The van der Waals surface area contributed by atoms with Crippen LogP contribution in [0.5, 0.6) is 0 Å². The number of carbonyl (C=O) groups excluding carboxylic acids is 2. The molecule has 0 spiro atoms. The van der Waals surface area contributed by atoms with Crippen molar-refractivity contribution in [1.82, 2.24) is 14.8 Å². The van der Waals surface area contributed by atoms with Gasteiger partial charge in [0.15, 0.2) is 0 Å². The number of piperazine rings is 1. The Balaban J connectivity index is 1.73. The Morgan fingerprint density at radius 2 is 1.85 bits per heavy atom. The molecule has 4 rings (SSSR count). The molecule has 1 fully saturated rings. The third-order valence-electron chi connectivity index (χ3n) is 4.97. The molecule has 5 nitrogen and oxygen atoms in total. The summed E-state index contributed by atoms with van der Waals surface area (Å²) in [6.07, 6.45) is 1.92. The molecule has 26 heavy (non-hydrogen) atoms. The lowest BCUT2D eigenvalue weighted by Crippen LogP contribution is -2.55. The van der Waals surface area contributed by atoms with E-state index < -0.39 is 6.04 Å². The van der Waals surface area contributed by atoms with Gasteiger partial charge in [-0.1, -0.05) is 48.5 Å². The van der Waals surface area contributed by atoms with Gasteiger partial charge < -0.3 is 14.8 Å². The summed E-state index contributed by atoms with van der Waals surface area (Å²) in [7, 11) is 0. The molecule has 1 aromatic heterocycles. The molecule has 3 aromatic rings. The molecule has 1 saturated heterocycles. The Hall–Kier alpha value is -3.08. The normalized spacial score (nSPS) is 17.3. The zero-order valence-electron chi connectivity index (χ0n) is 14.7. The molecule has 1 N–H and O–H groups in total. The first-order valence-corrected chi connectivity index (χ1v) is 8.85. The fourth-order valence-electron chi connectivity index (χ4n) is 3.54. The second kappa shape index (κ2) is 6.67. The van der Waals surface area contributed by atoms with Crippen LogP contribution in [0.1, 0.15) is 22.8 Å². The second-order valence-corrected chi connectivity index (χ2v) is 6.64. The van der Waals surface area contributed by atoms with E-state index in [4.69, 9.17) is 0 Å². The molecule has 1 atom stereocenters. The van der Waals surface area contributed by atoms with Crippen LogP contribution in [0.3, 0.4) is 0 Å². The van der Waals surface area contributed by atoms with E-state index in [1.54, 1.807) is 11.8 Å². The van der Waals surface area contributed by atoms with Crippen molar-refractivity contribution in [3.05, 3.63) is 71.9 Å². The van der Waals surface area contributed by atoms with Gasteiger partial charge >= 0.3 is 0 Å². The van der Waals surface area contributed by atoms with Gasteiger partial charge in [-0.25, -0.2) is 0 Å². The first kappa shape index (κ1) is 16.4. The minimum absolute atomic E-state index is 0.0876. The van der Waals surface area contributed by atoms with Gasteiger partial charge in [0, 0.05) is 36.7 Å². The smallest absolute Gasteiger partial charge is 0.256 e. The van der Waals surface area contributed by atoms with Gasteiger partial charge in [0.2, 0.25) is 5.91 Å². The SMILES string of the molecule is C[C@H]1C(=O)NCCN1C(=O)c1cn(Cc2ccccc2)c2ccccc12. The Labute approximate surface area is 152 Å². The molecule has 1 aliphatic rings. The van der Waals surface area contributed by atoms with E-state index in [0.717, 1.165) is 10.9 Å². The van der Waals surface area contributed by atoms with Gasteiger partial charge in [-0.05, 0) is 18.6 Å². The molecule has 2 heterocycles. The average molecular weight is 347 g/mol. The number of carbonyl (C=O) groups is 2. The highest BCUT2D eigenvalue weighted by Crippen LogP contribution is 2.25. The zero-order chi connectivity index (χ0) is 18.1. The van der Waals surface area contributed by atoms with Crippen LogP contribution in [-0.4, -0.2) is 40.4 Å². The molecule has 5 heteroatoms. The van der Waals surface area contributed by atoms with E-state index in [0.29, 0.717) is 25.2 Å². The van der Waals surface area contributed by atoms with E-state index in [9.17, 15) is 9.59 Å². The van der Waals surface area contributed by atoms with Crippen molar-refractivity contribution < 1.29 is 9.59 Å². The summed E-state index contributed by atoms with van der Waals surface area (Å²) in [5, 5.41) is 3.73. The molecule has 0 radical (unpaired) electrons. The van der Waals surface area contributed by atoms with Crippen molar-refractivity contribution in [2.24, 2.45) is 0 Å². The van der Waals surface area contributed by atoms with Gasteiger partial charge in [-0.15, -0.1) is 0 Å².